The minimum absolute atomic E-state index is 0. The quantitative estimate of drug-likeness (QED) is 0.436. The van der Waals surface area contributed by atoms with Gasteiger partial charge in [-0.1, -0.05) is 0 Å². The molecule has 0 saturated carbocycles. The predicted octanol–water partition coefficient (Wildman–Crippen LogP) is 2.37. The van der Waals surface area contributed by atoms with Crippen LogP contribution in [0.25, 0.3) is 0 Å². The molecular formula is Cl4CrSi. The van der Waals surface area contributed by atoms with Crippen molar-refractivity contribution >= 4 is 49.6 Å². The summed E-state index contributed by atoms with van der Waals surface area (Å²) in [6.07, 6.45) is 0. The fourth-order valence-electron chi connectivity index (χ4n) is 0. The second-order valence-corrected chi connectivity index (χ2v) is 11.6. The minimum Gasteiger partial charge on any atom is -0.110 e. The molecule has 0 bridgehead atoms. The van der Waals surface area contributed by atoms with Gasteiger partial charge in [0.2, 0.25) is 0 Å². The molecule has 0 spiro atoms. The SMILES string of the molecule is Cl[Si](Cl)(Cl)Cl.[Cr]. The number of hydrogen-bond acceptors (Lipinski definition) is 0. The summed E-state index contributed by atoms with van der Waals surface area (Å²) in [7, 11) is 0. The van der Waals surface area contributed by atoms with Crippen molar-refractivity contribution < 1.29 is 17.4 Å². The zero-order chi connectivity index (χ0) is 4.50. The number of halogens is 4. The van der Waals surface area contributed by atoms with E-state index >= 15 is 0 Å². The van der Waals surface area contributed by atoms with Gasteiger partial charge in [0.05, 0.1) is 0 Å². The summed E-state index contributed by atoms with van der Waals surface area (Å²) >= 11 is 19.9. The van der Waals surface area contributed by atoms with E-state index in [1.165, 1.54) is 0 Å². The van der Waals surface area contributed by atoms with Gasteiger partial charge in [-0.05, 0) is 0 Å². The van der Waals surface area contributed by atoms with Crippen molar-refractivity contribution in [1.29, 1.82) is 0 Å². The molecule has 38 valence electrons. The molecule has 0 aliphatic heterocycles. The average molecular weight is 222 g/mol. The first-order valence-electron chi connectivity index (χ1n) is 0.756. The van der Waals surface area contributed by atoms with Gasteiger partial charge in [0.15, 0.2) is 0 Å². The Bertz CT molecular complexity index is 23.0. The maximum atomic E-state index is 4.97. The van der Waals surface area contributed by atoms with Crippen molar-refractivity contribution in [3.05, 3.63) is 0 Å². The van der Waals surface area contributed by atoms with Crippen molar-refractivity contribution in [3.63, 3.8) is 0 Å². The zero-order valence-electron chi connectivity index (χ0n) is 2.42. The Hall–Kier alpha value is 1.91. The molecule has 0 N–H and O–H groups in total. The van der Waals surface area contributed by atoms with Crippen molar-refractivity contribution in [2.45, 2.75) is 0 Å². The van der Waals surface area contributed by atoms with Crippen LogP contribution in [0.15, 0.2) is 0 Å². The average Bonchev–Trinajstić information content (AvgIpc) is 0.722. The second-order valence-electron chi connectivity index (χ2n) is 0.429. The summed E-state index contributed by atoms with van der Waals surface area (Å²) in [5.41, 5.74) is 0. The van der Waals surface area contributed by atoms with Gasteiger partial charge in [-0.25, -0.2) is 0 Å². The number of rotatable bonds is 0. The minimum atomic E-state index is -2.72. The maximum absolute atomic E-state index is 4.97. The molecule has 0 amide bonds. The van der Waals surface area contributed by atoms with E-state index in [1.807, 2.05) is 0 Å². The van der Waals surface area contributed by atoms with E-state index in [2.05, 4.69) is 0 Å². The van der Waals surface area contributed by atoms with Gasteiger partial charge in [0.1, 0.15) is 0 Å². The van der Waals surface area contributed by atoms with Crippen LogP contribution in [-0.2, 0) is 17.4 Å². The molecule has 0 aromatic carbocycles. The van der Waals surface area contributed by atoms with Crippen LogP contribution in [0.2, 0.25) is 0 Å². The molecule has 0 aromatic rings. The molecule has 6 heteroatoms. The molecule has 0 radical (unpaired) electrons. The van der Waals surface area contributed by atoms with E-state index in [0.29, 0.717) is 0 Å². The van der Waals surface area contributed by atoms with E-state index in [0.717, 1.165) is 0 Å². The van der Waals surface area contributed by atoms with Crippen molar-refractivity contribution in [1.82, 2.24) is 0 Å². The Morgan fingerprint density at radius 3 is 0.833 bits per heavy atom. The molecule has 0 aromatic heterocycles. The van der Waals surface area contributed by atoms with E-state index in [4.69, 9.17) is 44.3 Å². The van der Waals surface area contributed by atoms with Crippen LogP contribution < -0.4 is 0 Å². The van der Waals surface area contributed by atoms with Crippen molar-refractivity contribution in [2.75, 3.05) is 0 Å². The van der Waals surface area contributed by atoms with E-state index < -0.39 is 5.31 Å². The van der Waals surface area contributed by atoms with Crippen LogP contribution in [0.5, 0.6) is 0 Å². The summed E-state index contributed by atoms with van der Waals surface area (Å²) in [5, 5.41) is -2.72. The third-order valence-electron chi connectivity index (χ3n) is 0. The fraction of sp³-hybridized carbons (Fsp3) is 0. The van der Waals surface area contributed by atoms with Crippen LogP contribution in [0.3, 0.4) is 0 Å². The van der Waals surface area contributed by atoms with Crippen molar-refractivity contribution in [3.8, 4) is 0 Å². The first-order chi connectivity index (χ1) is 2.00. The molecule has 0 rings (SSSR count). The zero-order valence-corrected chi connectivity index (χ0v) is 7.72. The number of hydrogen-bond donors (Lipinski definition) is 0. The summed E-state index contributed by atoms with van der Waals surface area (Å²) in [5.74, 6) is 0. The summed E-state index contributed by atoms with van der Waals surface area (Å²) < 4.78 is 0. The van der Waals surface area contributed by atoms with E-state index in [1.54, 1.807) is 0 Å². The van der Waals surface area contributed by atoms with Gasteiger partial charge >= 0.3 is 5.31 Å². The summed E-state index contributed by atoms with van der Waals surface area (Å²) in [6, 6.07) is 0. The van der Waals surface area contributed by atoms with Gasteiger partial charge in [-0.2, -0.15) is 0 Å². The maximum Gasteiger partial charge on any atom is 0.440 e. The molecule has 0 aliphatic rings. The Balaban J connectivity index is 0. The first-order valence-corrected chi connectivity index (χ1v) is 6.80. The Kier molecular flexibility index (Phi) is 6.95. The first kappa shape index (κ1) is 10.8. The van der Waals surface area contributed by atoms with E-state index in [9.17, 15) is 0 Å². The van der Waals surface area contributed by atoms with Gasteiger partial charge in [-0.15, -0.1) is 44.3 Å². The third-order valence-corrected chi connectivity index (χ3v) is 0. The van der Waals surface area contributed by atoms with Crippen LogP contribution in [0.4, 0.5) is 0 Å². The Morgan fingerprint density at radius 2 is 0.833 bits per heavy atom. The third kappa shape index (κ3) is 39.1. The molecule has 0 aliphatic carbocycles. The summed E-state index contributed by atoms with van der Waals surface area (Å²) in [4.78, 5) is 0. The monoisotopic (exact) mass is 220 g/mol. The standard InChI is InChI=1S/Cl4Si.Cr/c1-5(2,3)4;. The predicted molar refractivity (Wildman–Crippen MR) is 29.2 cm³/mol. The molecule has 0 atom stereocenters. The van der Waals surface area contributed by atoms with Crippen LogP contribution in [-0.4, -0.2) is 5.31 Å². The molecule has 0 nitrogen and oxygen atoms in total. The normalized spacial score (nSPS) is 10.0. The van der Waals surface area contributed by atoms with Gasteiger partial charge in [0.25, 0.3) is 0 Å². The van der Waals surface area contributed by atoms with E-state index in [-0.39, 0.29) is 17.4 Å². The van der Waals surface area contributed by atoms with Gasteiger partial charge in [-0.3, -0.25) is 0 Å². The molecule has 0 fully saturated rings. The van der Waals surface area contributed by atoms with Crippen LogP contribution in [0.1, 0.15) is 0 Å². The molecule has 6 heavy (non-hydrogen) atoms. The molecular weight excluding hydrogens is 222 g/mol. The van der Waals surface area contributed by atoms with Crippen LogP contribution >= 0.6 is 44.3 Å². The van der Waals surface area contributed by atoms with Crippen molar-refractivity contribution in [2.24, 2.45) is 0 Å². The topological polar surface area (TPSA) is 0 Å². The molecule has 0 saturated heterocycles. The van der Waals surface area contributed by atoms with Gasteiger partial charge in [0, 0.05) is 17.4 Å². The smallest absolute Gasteiger partial charge is 0.110 e. The van der Waals surface area contributed by atoms with Crippen LogP contribution in [0, 0.1) is 0 Å². The van der Waals surface area contributed by atoms with Gasteiger partial charge < -0.3 is 0 Å². The fourth-order valence-corrected chi connectivity index (χ4v) is 0. The molecule has 0 heterocycles. The Morgan fingerprint density at radius 1 is 0.833 bits per heavy atom. The largest absolute Gasteiger partial charge is 0.440 e. The Labute approximate surface area is 66.7 Å². The second kappa shape index (κ2) is 3.86. The molecule has 0 unspecified atom stereocenters. The summed E-state index contributed by atoms with van der Waals surface area (Å²) in [6.45, 7) is 0.